The van der Waals surface area contributed by atoms with Crippen LogP contribution < -0.4 is 5.32 Å². The first-order chi connectivity index (χ1) is 8.47. The van der Waals surface area contributed by atoms with Crippen LogP contribution in [0.15, 0.2) is 0 Å². The predicted octanol–water partition coefficient (Wildman–Crippen LogP) is 1.60. The van der Waals surface area contributed by atoms with Gasteiger partial charge in [-0.1, -0.05) is 20.8 Å². The van der Waals surface area contributed by atoms with Crippen molar-refractivity contribution in [2.24, 2.45) is 5.92 Å². The zero-order chi connectivity index (χ0) is 13.6. The number of ether oxygens (including phenoxy) is 1. The molecule has 0 aromatic heterocycles. The van der Waals surface area contributed by atoms with Crippen LogP contribution in [-0.4, -0.2) is 45.2 Å². The van der Waals surface area contributed by atoms with E-state index >= 15 is 0 Å². The maximum Gasteiger partial charge on any atom is 0.156 e. The Bertz CT molecular complexity index is 327. The molecule has 108 valence electrons. The molecule has 4 nitrogen and oxygen atoms in total. The van der Waals surface area contributed by atoms with E-state index in [0.717, 1.165) is 25.8 Å². The zero-order valence-corrected chi connectivity index (χ0v) is 12.6. The van der Waals surface area contributed by atoms with Gasteiger partial charge in [-0.2, -0.15) is 0 Å². The Morgan fingerprint density at radius 3 is 2.72 bits per heavy atom. The van der Waals surface area contributed by atoms with Crippen LogP contribution in [0.25, 0.3) is 0 Å². The van der Waals surface area contributed by atoms with Crippen molar-refractivity contribution in [2.45, 2.75) is 51.3 Å². The van der Waals surface area contributed by atoms with Crippen molar-refractivity contribution in [3.8, 4) is 0 Å². The van der Waals surface area contributed by atoms with E-state index in [4.69, 9.17) is 4.74 Å². The molecule has 0 saturated carbocycles. The second kappa shape index (κ2) is 7.46. The number of hydrogen-bond acceptors (Lipinski definition) is 4. The SMILES string of the molecule is CCCNC1CCOCC1S(=O)(=O)CCC(C)C. The Balaban J connectivity index is 2.63. The van der Waals surface area contributed by atoms with Gasteiger partial charge in [0.2, 0.25) is 0 Å². The van der Waals surface area contributed by atoms with Gasteiger partial charge in [0.25, 0.3) is 0 Å². The third-order valence-electron chi connectivity index (χ3n) is 3.40. The van der Waals surface area contributed by atoms with Gasteiger partial charge in [-0.05, 0) is 31.7 Å². The van der Waals surface area contributed by atoms with Gasteiger partial charge in [0, 0.05) is 12.6 Å². The Kier molecular flexibility index (Phi) is 6.60. The summed E-state index contributed by atoms with van der Waals surface area (Å²) in [5.41, 5.74) is 0. The maximum atomic E-state index is 12.3. The molecule has 0 amide bonds. The number of nitrogens with one attached hydrogen (secondary N) is 1. The summed E-state index contributed by atoms with van der Waals surface area (Å²) in [6.45, 7) is 8.09. The minimum Gasteiger partial charge on any atom is -0.380 e. The topological polar surface area (TPSA) is 55.4 Å². The minimum absolute atomic E-state index is 0.0656. The molecule has 0 aromatic carbocycles. The fourth-order valence-corrected chi connectivity index (χ4v) is 4.32. The molecule has 0 aromatic rings. The highest BCUT2D eigenvalue weighted by molar-refractivity contribution is 7.92. The molecule has 1 aliphatic heterocycles. The Labute approximate surface area is 111 Å². The van der Waals surface area contributed by atoms with E-state index in [9.17, 15) is 8.42 Å². The average molecular weight is 277 g/mol. The van der Waals surface area contributed by atoms with Crippen molar-refractivity contribution in [3.63, 3.8) is 0 Å². The molecular formula is C13H27NO3S. The molecule has 2 atom stereocenters. The van der Waals surface area contributed by atoms with Crippen molar-refractivity contribution in [1.29, 1.82) is 0 Å². The molecule has 1 aliphatic rings. The Hall–Kier alpha value is -0.130. The van der Waals surface area contributed by atoms with Crippen LogP contribution >= 0.6 is 0 Å². The van der Waals surface area contributed by atoms with Gasteiger partial charge >= 0.3 is 0 Å². The average Bonchev–Trinajstić information content (AvgIpc) is 2.34. The molecule has 1 N–H and O–H groups in total. The fourth-order valence-electron chi connectivity index (χ4n) is 2.18. The monoisotopic (exact) mass is 277 g/mol. The fraction of sp³-hybridized carbons (Fsp3) is 1.00. The van der Waals surface area contributed by atoms with Crippen molar-refractivity contribution >= 4 is 9.84 Å². The van der Waals surface area contributed by atoms with E-state index in [1.807, 2.05) is 0 Å². The maximum absolute atomic E-state index is 12.3. The van der Waals surface area contributed by atoms with Gasteiger partial charge in [0.1, 0.15) is 0 Å². The molecule has 18 heavy (non-hydrogen) atoms. The zero-order valence-electron chi connectivity index (χ0n) is 11.8. The first-order valence-corrected chi connectivity index (χ1v) is 8.71. The predicted molar refractivity (Wildman–Crippen MR) is 74.5 cm³/mol. The van der Waals surface area contributed by atoms with Gasteiger partial charge in [0.15, 0.2) is 9.84 Å². The summed E-state index contributed by atoms with van der Waals surface area (Å²) in [5, 5.41) is 2.99. The summed E-state index contributed by atoms with van der Waals surface area (Å²) in [7, 11) is -3.05. The van der Waals surface area contributed by atoms with Crippen LogP contribution in [0.1, 0.15) is 40.0 Å². The van der Waals surface area contributed by atoms with Crippen LogP contribution in [0.4, 0.5) is 0 Å². The molecule has 1 fully saturated rings. The molecule has 2 unspecified atom stereocenters. The number of sulfone groups is 1. The van der Waals surface area contributed by atoms with Crippen LogP contribution in [-0.2, 0) is 14.6 Å². The molecule has 0 bridgehead atoms. The smallest absolute Gasteiger partial charge is 0.156 e. The summed E-state index contributed by atoms with van der Waals surface area (Å²) in [4.78, 5) is 0. The molecular weight excluding hydrogens is 250 g/mol. The first-order valence-electron chi connectivity index (χ1n) is 7.00. The molecule has 0 spiro atoms. The summed E-state index contributed by atoms with van der Waals surface area (Å²) in [5.74, 6) is 0.703. The minimum atomic E-state index is -3.05. The normalized spacial score (nSPS) is 25.6. The summed E-state index contributed by atoms with van der Waals surface area (Å²) in [6.07, 6.45) is 2.56. The van der Waals surface area contributed by atoms with E-state index < -0.39 is 9.84 Å². The highest BCUT2D eigenvalue weighted by atomic mass is 32.2. The van der Waals surface area contributed by atoms with E-state index in [-0.39, 0.29) is 17.0 Å². The third-order valence-corrected chi connectivity index (χ3v) is 5.59. The van der Waals surface area contributed by atoms with Crippen LogP contribution in [0, 0.1) is 5.92 Å². The van der Waals surface area contributed by atoms with Crippen molar-refractivity contribution < 1.29 is 13.2 Å². The van der Waals surface area contributed by atoms with Crippen LogP contribution in [0.3, 0.4) is 0 Å². The number of hydrogen-bond donors (Lipinski definition) is 1. The van der Waals surface area contributed by atoms with Gasteiger partial charge in [-0.15, -0.1) is 0 Å². The molecule has 5 heteroatoms. The van der Waals surface area contributed by atoms with Gasteiger partial charge in [0.05, 0.1) is 17.6 Å². The third kappa shape index (κ3) is 4.86. The molecule has 1 saturated heterocycles. The number of rotatable bonds is 7. The molecule has 0 aliphatic carbocycles. The lowest BCUT2D eigenvalue weighted by Crippen LogP contribution is -2.51. The van der Waals surface area contributed by atoms with Gasteiger partial charge in [-0.25, -0.2) is 8.42 Å². The largest absolute Gasteiger partial charge is 0.380 e. The lowest BCUT2D eigenvalue weighted by molar-refractivity contribution is 0.0808. The van der Waals surface area contributed by atoms with Crippen molar-refractivity contribution in [1.82, 2.24) is 5.32 Å². The standard InChI is InChI=1S/C13H27NO3S/c1-4-7-14-12-5-8-17-10-13(12)18(15,16)9-6-11(2)3/h11-14H,4-10H2,1-3H3. The summed E-state index contributed by atoms with van der Waals surface area (Å²) in [6, 6.07) is 0.0656. The van der Waals surface area contributed by atoms with Crippen LogP contribution in [0.5, 0.6) is 0 Å². The highest BCUT2D eigenvalue weighted by Crippen LogP contribution is 2.18. The quantitative estimate of drug-likeness (QED) is 0.768. The van der Waals surface area contributed by atoms with Gasteiger partial charge in [-0.3, -0.25) is 0 Å². The molecule has 1 heterocycles. The van der Waals surface area contributed by atoms with Crippen LogP contribution in [0.2, 0.25) is 0 Å². The second-order valence-corrected chi connectivity index (χ2v) is 7.85. The lowest BCUT2D eigenvalue weighted by atomic mass is 10.1. The summed E-state index contributed by atoms with van der Waals surface area (Å²) < 4.78 is 30.1. The van der Waals surface area contributed by atoms with E-state index in [1.54, 1.807) is 0 Å². The van der Waals surface area contributed by atoms with Crippen molar-refractivity contribution in [2.75, 3.05) is 25.5 Å². The Morgan fingerprint density at radius 2 is 2.11 bits per heavy atom. The lowest BCUT2D eigenvalue weighted by Gasteiger charge is -2.32. The summed E-state index contributed by atoms with van der Waals surface area (Å²) >= 11 is 0. The Morgan fingerprint density at radius 1 is 1.39 bits per heavy atom. The second-order valence-electron chi connectivity index (χ2n) is 5.51. The molecule has 1 rings (SSSR count). The van der Waals surface area contributed by atoms with E-state index in [1.165, 1.54) is 0 Å². The van der Waals surface area contributed by atoms with Gasteiger partial charge < -0.3 is 10.1 Å². The van der Waals surface area contributed by atoms with E-state index in [2.05, 4.69) is 26.1 Å². The highest BCUT2D eigenvalue weighted by Gasteiger charge is 2.35. The van der Waals surface area contributed by atoms with Crippen molar-refractivity contribution in [3.05, 3.63) is 0 Å². The van der Waals surface area contributed by atoms with E-state index in [0.29, 0.717) is 19.1 Å². The first kappa shape index (κ1) is 15.9. The molecule has 0 radical (unpaired) electrons.